The number of aryl methyl sites for hydroxylation is 1. The van der Waals surface area contributed by atoms with Crippen LogP contribution in [0.2, 0.25) is 0 Å². The van der Waals surface area contributed by atoms with Gasteiger partial charge in [0.15, 0.2) is 0 Å². The zero-order chi connectivity index (χ0) is 20.4. The number of hydrogen-bond acceptors (Lipinski definition) is 4. The van der Waals surface area contributed by atoms with E-state index in [2.05, 4.69) is 15.4 Å². The van der Waals surface area contributed by atoms with Gasteiger partial charge in [-0.3, -0.25) is 4.79 Å². The average Bonchev–Trinajstić information content (AvgIpc) is 3.26. The van der Waals surface area contributed by atoms with Crippen molar-refractivity contribution in [2.75, 3.05) is 0 Å². The maximum absolute atomic E-state index is 13.2. The van der Waals surface area contributed by atoms with Gasteiger partial charge in [-0.1, -0.05) is 12.1 Å². The van der Waals surface area contributed by atoms with Crippen LogP contribution in [0.15, 0.2) is 54.6 Å². The number of para-hydroxylation sites is 1. The van der Waals surface area contributed by atoms with Gasteiger partial charge in [0.1, 0.15) is 10.8 Å². The molecule has 0 radical (unpaired) electrons. The number of thiazole rings is 1. The Balaban J connectivity index is 1.45. The minimum atomic E-state index is -0.291. The molecule has 1 N–H and O–H groups in total. The standard InChI is InChI=1S/C22H19FN4OS/c1-14-18(15(2)27(26-14)17-9-7-16(23)8-10-17)11-12-21(28)24-13-22-25-19-5-3-4-6-20(19)29-22/h3-12H,13H2,1-2H3,(H,24,28). The first kappa shape index (κ1) is 19.0. The van der Waals surface area contributed by atoms with Gasteiger partial charge in [0.05, 0.1) is 28.1 Å². The zero-order valence-electron chi connectivity index (χ0n) is 16.0. The van der Waals surface area contributed by atoms with E-state index in [4.69, 9.17) is 0 Å². The third kappa shape index (κ3) is 4.09. The van der Waals surface area contributed by atoms with Crippen LogP contribution in [0.5, 0.6) is 0 Å². The van der Waals surface area contributed by atoms with Crippen LogP contribution in [0.4, 0.5) is 4.39 Å². The zero-order valence-corrected chi connectivity index (χ0v) is 16.8. The smallest absolute Gasteiger partial charge is 0.244 e. The van der Waals surface area contributed by atoms with Gasteiger partial charge in [-0.25, -0.2) is 14.1 Å². The van der Waals surface area contributed by atoms with E-state index in [1.165, 1.54) is 18.2 Å². The van der Waals surface area contributed by atoms with Gasteiger partial charge in [0.25, 0.3) is 0 Å². The lowest BCUT2D eigenvalue weighted by molar-refractivity contribution is -0.116. The summed E-state index contributed by atoms with van der Waals surface area (Å²) in [6.07, 6.45) is 3.25. The van der Waals surface area contributed by atoms with Crippen LogP contribution < -0.4 is 5.32 Å². The Morgan fingerprint density at radius 1 is 1.17 bits per heavy atom. The Morgan fingerprint density at radius 3 is 2.69 bits per heavy atom. The maximum atomic E-state index is 13.2. The summed E-state index contributed by atoms with van der Waals surface area (Å²) in [7, 11) is 0. The van der Waals surface area contributed by atoms with Crippen molar-refractivity contribution < 1.29 is 9.18 Å². The summed E-state index contributed by atoms with van der Waals surface area (Å²) in [6.45, 7) is 4.18. The van der Waals surface area contributed by atoms with E-state index >= 15 is 0 Å². The summed E-state index contributed by atoms with van der Waals surface area (Å²) in [5.41, 5.74) is 4.25. The number of halogens is 1. The first-order valence-corrected chi connectivity index (χ1v) is 9.95. The van der Waals surface area contributed by atoms with Crippen LogP contribution in [0.3, 0.4) is 0 Å². The highest BCUT2D eigenvalue weighted by molar-refractivity contribution is 7.18. The van der Waals surface area contributed by atoms with Crippen molar-refractivity contribution >= 4 is 33.5 Å². The summed E-state index contributed by atoms with van der Waals surface area (Å²) in [5.74, 6) is -0.488. The van der Waals surface area contributed by atoms with Crippen molar-refractivity contribution in [1.82, 2.24) is 20.1 Å². The molecule has 2 aromatic heterocycles. The van der Waals surface area contributed by atoms with E-state index in [0.29, 0.717) is 6.54 Å². The van der Waals surface area contributed by atoms with E-state index in [1.807, 2.05) is 38.1 Å². The topological polar surface area (TPSA) is 59.8 Å². The number of hydrogen-bond donors (Lipinski definition) is 1. The SMILES string of the molecule is Cc1nn(-c2ccc(F)cc2)c(C)c1C=CC(=O)NCc1nc2ccccc2s1. The van der Waals surface area contributed by atoms with E-state index in [-0.39, 0.29) is 11.7 Å². The molecule has 0 aliphatic heterocycles. The number of nitrogens with zero attached hydrogens (tertiary/aromatic N) is 3. The number of aromatic nitrogens is 3. The molecule has 0 spiro atoms. The molecular weight excluding hydrogens is 387 g/mol. The fourth-order valence-electron chi connectivity index (χ4n) is 3.11. The van der Waals surface area contributed by atoms with Crippen LogP contribution in [-0.4, -0.2) is 20.7 Å². The van der Waals surface area contributed by atoms with Crippen molar-refractivity contribution in [3.8, 4) is 5.69 Å². The molecule has 2 aromatic carbocycles. The second kappa shape index (κ2) is 7.97. The monoisotopic (exact) mass is 406 g/mol. The molecule has 0 atom stereocenters. The number of amides is 1. The fourth-order valence-corrected chi connectivity index (χ4v) is 4.01. The van der Waals surface area contributed by atoms with E-state index in [1.54, 1.807) is 34.2 Å². The third-order valence-corrected chi connectivity index (χ3v) is 5.61. The predicted molar refractivity (Wildman–Crippen MR) is 113 cm³/mol. The van der Waals surface area contributed by atoms with Crippen LogP contribution in [-0.2, 0) is 11.3 Å². The lowest BCUT2D eigenvalue weighted by Gasteiger charge is -2.04. The molecule has 146 valence electrons. The van der Waals surface area contributed by atoms with Gasteiger partial charge in [0.2, 0.25) is 5.91 Å². The van der Waals surface area contributed by atoms with E-state index in [0.717, 1.165) is 37.9 Å². The molecule has 0 saturated carbocycles. The van der Waals surface area contributed by atoms with Gasteiger partial charge in [0, 0.05) is 17.3 Å². The van der Waals surface area contributed by atoms with E-state index < -0.39 is 0 Å². The molecule has 0 aliphatic rings. The highest BCUT2D eigenvalue weighted by Gasteiger charge is 2.11. The summed E-state index contributed by atoms with van der Waals surface area (Å²) in [4.78, 5) is 16.8. The molecule has 0 unspecified atom stereocenters. The number of benzene rings is 2. The van der Waals surface area contributed by atoms with Crippen LogP contribution in [0.25, 0.3) is 22.0 Å². The quantitative estimate of drug-likeness (QED) is 0.494. The first-order chi connectivity index (χ1) is 14.0. The Hall–Kier alpha value is -3.32. The minimum Gasteiger partial charge on any atom is -0.346 e. The maximum Gasteiger partial charge on any atom is 0.244 e. The molecule has 0 fully saturated rings. The molecular formula is C22H19FN4OS. The van der Waals surface area contributed by atoms with Gasteiger partial charge in [-0.15, -0.1) is 11.3 Å². The molecule has 0 saturated heterocycles. The lowest BCUT2D eigenvalue weighted by Crippen LogP contribution is -2.20. The fraction of sp³-hybridized carbons (Fsp3) is 0.136. The Labute approximate surface area is 171 Å². The molecule has 4 aromatic rings. The largest absolute Gasteiger partial charge is 0.346 e. The minimum absolute atomic E-state index is 0.197. The Bertz CT molecular complexity index is 1170. The second-order valence-corrected chi connectivity index (χ2v) is 7.71. The van der Waals surface area contributed by atoms with Crippen molar-refractivity contribution in [1.29, 1.82) is 0 Å². The molecule has 4 rings (SSSR count). The number of carbonyl (C=O) groups is 1. The van der Waals surface area contributed by atoms with Gasteiger partial charge >= 0.3 is 0 Å². The first-order valence-electron chi connectivity index (χ1n) is 9.14. The normalized spacial score (nSPS) is 11.4. The van der Waals surface area contributed by atoms with Crippen LogP contribution >= 0.6 is 11.3 Å². The summed E-state index contributed by atoms with van der Waals surface area (Å²) in [5, 5.41) is 8.24. The van der Waals surface area contributed by atoms with Crippen molar-refractivity contribution in [2.45, 2.75) is 20.4 Å². The second-order valence-electron chi connectivity index (χ2n) is 6.60. The summed E-state index contributed by atoms with van der Waals surface area (Å²) >= 11 is 1.57. The van der Waals surface area contributed by atoms with E-state index in [9.17, 15) is 9.18 Å². The third-order valence-electron chi connectivity index (χ3n) is 4.57. The molecule has 1 amide bonds. The van der Waals surface area contributed by atoms with Gasteiger partial charge in [-0.05, 0) is 56.3 Å². The highest BCUT2D eigenvalue weighted by Crippen LogP contribution is 2.22. The summed E-state index contributed by atoms with van der Waals surface area (Å²) in [6, 6.07) is 14.0. The summed E-state index contributed by atoms with van der Waals surface area (Å²) < 4.78 is 16.0. The molecule has 0 aliphatic carbocycles. The Kier molecular flexibility index (Phi) is 5.22. The van der Waals surface area contributed by atoms with Crippen molar-refractivity contribution in [3.05, 3.63) is 82.4 Å². The highest BCUT2D eigenvalue weighted by atomic mass is 32.1. The average molecular weight is 406 g/mol. The van der Waals surface area contributed by atoms with Gasteiger partial charge in [-0.2, -0.15) is 5.10 Å². The number of fused-ring (bicyclic) bond motifs is 1. The Morgan fingerprint density at radius 2 is 1.93 bits per heavy atom. The van der Waals surface area contributed by atoms with Gasteiger partial charge < -0.3 is 5.32 Å². The molecule has 5 nitrogen and oxygen atoms in total. The number of nitrogens with one attached hydrogen (secondary N) is 1. The van der Waals surface area contributed by atoms with Crippen molar-refractivity contribution in [3.63, 3.8) is 0 Å². The van der Waals surface area contributed by atoms with Crippen LogP contribution in [0, 0.1) is 19.7 Å². The van der Waals surface area contributed by atoms with Crippen LogP contribution in [0.1, 0.15) is 22.0 Å². The van der Waals surface area contributed by atoms with Crippen molar-refractivity contribution in [2.24, 2.45) is 0 Å². The molecule has 0 bridgehead atoms. The molecule has 2 heterocycles. The molecule has 7 heteroatoms. The number of rotatable bonds is 5. The predicted octanol–water partition coefficient (Wildman–Crippen LogP) is 4.57. The molecule has 29 heavy (non-hydrogen) atoms. The lowest BCUT2D eigenvalue weighted by atomic mass is 10.2. The number of carbonyl (C=O) groups excluding carboxylic acids is 1.